The van der Waals surface area contributed by atoms with Crippen molar-refractivity contribution in [3.05, 3.63) is 146 Å². The van der Waals surface area contributed by atoms with E-state index in [-0.39, 0.29) is 26.1 Å². The molecule has 4 aromatic carbocycles. The summed E-state index contributed by atoms with van der Waals surface area (Å²) in [4.78, 5) is 0. The summed E-state index contributed by atoms with van der Waals surface area (Å²) in [5.41, 5.74) is 2.72. The largest absolute Gasteiger partial charge is 0.673 e. The molecule has 4 aliphatic rings. The first-order valence-electron chi connectivity index (χ1n) is 21.5. The maximum atomic E-state index is 9.75. The predicted octanol–water partition coefficient (Wildman–Crippen LogP) is 15.3. The van der Waals surface area contributed by atoms with Crippen LogP contribution in [0.15, 0.2) is 162 Å². The summed E-state index contributed by atoms with van der Waals surface area (Å²) in [5.74, 6) is -0.842. The number of hydrogen-bond donors (Lipinski definition) is 0. The third-order valence-corrected chi connectivity index (χ3v) is 12.3. The van der Waals surface area contributed by atoms with Crippen LogP contribution in [-0.2, 0) is 33.7 Å². The van der Waals surface area contributed by atoms with Crippen molar-refractivity contribution < 1.29 is 76.8 Å². The van der Waals surface area contributed by atoms with E-state index in [1.807, 2.05) is 111 Å². The Morgan fingerprint density at radius 2 is 0.846 bits per heavy atom. The first-order chi connectivity index (χ1) is 31.0. The zero-order valence-electron chi connectivity index (χ0n) is 36.0. The van der Waals surface area contributed by atoms with Crippen LogP contribution >= 0.6 is 16.5 Å². The number of halogens is 4. The Kier molecular flexibility index (Phi) is 19.0. The van der Waals surface area contributed by atoms with Gasteiger partial charge in [-0.3, -0.25) is 9.05 Å². The van der Waals surface area contributed by atoms with Crippen molar-refractivity contribution in [1.82, 2.24) is 0 Å². The second-order valence-corrected chi connectivity index (χ2v) is 17.6. The molecule has 2 aromatic heterocycles. The van der Waals surface area contributed by atoms with Crippen LogP contribution in [0.25, 0.3) is 43.9 Å². The molecule has 9 nitrogen and oxygen atoms in total. The quantitative estimate of drug-likeness (QED) is 0.0950. The van der Waals surface area contributed by atoms with Gasteiger partial charge < -0.3 is 48.3 Å². The minimum atomic E-state index is -6.00. The molecular formula is C48H52BF4O9P2Rh-. The maximum Gasteiger partial charge on any atom is 0.673 e. The molecule has 65 heavy (non-hydrogen) atoms. The molecular weight excluding hydrogens is 972 g/mol. The van der Waals surface area contributed by atoms with E-state index < -0.39 is 54.1 Å². The van der Waals surface area contributed by atoms with Crippen molar-refractivity contribution in [3.63, 3.8) is 0 Å². The van der Waals surface area contributed by atoms with Crippen LogP contribution in [0.2, 0.25) is 0 Å². The topological polar surface area (TPSA) is 98.7 Å². The van der Waals surface area contributed by atoms with Gasteiger partial charge in [-0.2, -0.15) is 0 Å². The van der Waals surface area contributed by atoms with Gasteiger partial charge in [-0.15, -0.1) is 0 Å². The summed E-state index contributed by atoms with van der Waals surface area (Å²) < 4.78 is 95.5. The van der Waals surface area contributed by atoms with Crippen LogP contribution < -0.4 is 9.05 Å². The number of benzene rings is 4. The molecule has 10 rings (SSSR count). The van der Waals surface area contributed by atoms with Crippen molar-refractivity contribution in [2.75, 3.05) is 6.61 Å². The van der Waals surface area contributed by atoms with Crippen LogP contribution in [-0.4, -0.2) is 44.3 Å². The Morgan fingerprint density at radius 3 is 1.20 bits per heavy atom. The molecule has 2 aliphatic carbocycles. The number of rotatable bonds is 5. The summed E-state index contributed by atoms with van der Waals surface area (Å²) in [6.07, 6.45) is 25.6. The van der Waals surface area contributed by atoms with Crippen molar-refractivity contribution >= 4 is 67.6 Å². The van der Waals surface area contributed by atoms with Crippen molar-refractivity contribution in [3.8, 4) is 0 Å². The smallest absolute Gasteiger partial charge is 0.418 e. The molecule has 0 unspecified atom stereocenters. The number of fused-ring (bicyclic) bond motifs is 7. The average molecular weight is 1020 g/mol. The monoisotopic (exact) mass is 1020 g/mol. The van der Waals surface area contributed by atoms with Crippen molar-refractivity contribution in [2.45, 2.75) is 95.6 Å². The molecule has 0 amide bonds. The molecule has 2 fully saturated rings. The SMILES string of the molecule is C1=C\CC/C=C\CC/1.C1=C\CC/C=C\CC/1.CC1(C)O[C@H]2O[C@H](COp3oc4ccccc4c4ccccc4o3)[C@H](Op3oc4ccccc4c4ccccc4o3)[C@H]2O1.F[B-](F)(F)F.[Rh]. The molecule has 0 saturated carbocycles. The Hall–Kier alpha value is -4.15. The van der Waals surface area contributed by atoms with Gasteiger partial charge >= 0.3 is 23.7 Å². The normalized spacial score (nSPS) is 22.9. The zero-order chi connectivity index (χ0) is 44.8. The first-order valence-corrected chi connectivity index (χ1v) is 23.7. The third kappa shape index (κ3) is 15.2. The summed E-state index contributed by atoms with van der Waals surface area (Å²) in [7, 11) is -9.70. The fraction of sp³-hybridized carbons (Fsp3) is 0.333. The molecule has 6 aromatic rings. The summed E-state index contributed by atoms with van der Waals surface area (Å²) in [5, 5.41) is 3.74. The molecule has 1 radical (unpaired) electrons. The van der Waals surface area contributed by atoms with E-state index in [9.17, 15) is 17.3 Å². The molecule has 2 saturated heterocycles. The molecule has 0 spiro atoms. The van der Waals surface area contributed by atoms with Gasteiger partial charge in [-0.25, -0.2) is 0 Å². The van der Waals surface area contributed by atoms with Crippen molar-refractivity contribution in [1.29, 1.82) is 0 Å². The summed E-state index contributed by atoms with van der Waals surface area (Å²) in [6.45, 7) is 3.79. The van der Waals surface area contributed by atoms with Crippen LogP contribution in [0.1, 0.15) is 65.2 Å². The Balaban J connectivity index is 0.000000262. The fourth-order valence-electron chi connectivity index (χ4n) is 7.28. The molecule has 0 bridgehead atoms. The number of para-hydroxylation sites is 4. The van der Waals surface area contributed by atoms with Gasteiger partial charge in [0.25, 0.3) is 0 Å². The standard InChI is InChI=1S/C32H28O9P2.2C8H12.BF4.Rh/c1-32(2)35-30-29(41-43-39-26-17-9-5-13-22(26)23-14-6-10-18-27(23)40-43)28(34-31(30)36-32)19-33-42-37-24-15-7-3-11-20(24)21-12-4-8-16-25(21)38-42;2*1-2-4-6-8-7-5-3-1;2-1(3,4)5;/h3-18,28-31H,19H2,1-2H3;2*1-2,7-8H,3-6H2;;/q;;;-1;/b;2*2-1-,8-7-;;/t28-,29+,30-,31-;;;;/m1..../s1. The van der Waals surface area contributed by atoms with E-state index in [1.54, 1.807) is 0 Å². The van der Waals surface area contributed by atoms with Crippen LogP contribution in [0.3, 0.4) is 0 Å². The molecule has 0 N–H and O–H groups in total. The van der Waals surface area contributed by atoms with Gasteiger partial charge in [0.15, 0.2) is 12.1 Å². The van der Waals surface area contributed by atoms with Crippen molar-refractivity contribution in [2.24, 2.45) is 0 Å². The Bertz CT molecular complexity index is 2450. The van der Waals surface area contributed by atoms with Gasteiger partial charge in [0, 0.05) is 41.0 Å². The van der Waals surface area contributed by atoms with E-state index in [0.717, 1.165) is 21.5 Å². The number of hydrogen-bond acceptors (Lipinski definition) is 9. The second-order valence-electron chi connectivity index (χ2n) is 15.5. The molecule has 4 atom stereocenters. The van der Waals surface area contributed by atoms with Gasteiger partial charge in [-0.05, 0) is 89.5 Å². The van der Waals surface area contributed by atoms with Crippen LogP contribution in [0.5, 0.6) is 0 Å². The third-order valence-electron chi connectivity index (χ3n) is 10.1. The van der Waals surface area contributed by atoms with E-state index in [2.05, 4.69) is 48.6 Å². The average Bonchev–Trinajstić information content (AvgIpc) is 3.55. The van der Waals surface area contributed by atoms with Crippen LogP contribution in [0.4, 0.5) is 17.3 Å². The maximum absolute atomic E-state index is 9.75. The van der Waals surface area contributed by atoms with Gasteiger partial charge in [-0.1, -0.05) is 121 Å². The number of allylic oxidation sites excluding steroid dienone is 8. The van der Waals surface area contributed by atoms with Crippen LogP contribution in [0, 0.1) is 0 Å². The molecule has 2 aliphatic heterocycles. The van der Waals surface area contributed by atoms with E-state index in [4.69, 9.17) is 40.0 Å². The molecule has 4 heterocycles. The van der Waals surface area contributed by atoms with Gasteiger partial charge in [0.2, 0.25) is 0 Å². The Labute approximate surface area is 390 Å². The van der Waals surface area contributed by atoms with E-state index in [1.165, 1.54) is 51.4 Å². The first kappa shape index (κ1) is 50.3. The second kappa shape index (κ2) is 24.6. The zero-order valence-corrected chi connectivity index (χ0v) is 39.4. The minimum Gasteiger partial charge on any atom is -0.418 e. The number of ether oxygens (including phenoxy) is 3. The summed E-state index contributed by atoms with van der Waals surface area (Å²) in [6, 6.07) is 31.2. The van der Waals surface area contributed by atoms with Gasteiger partial charge in [0.05, 0.1) is 6.61 Å². The van der Waals surface area contributed by atoms with E-state index in [0.29, 0.717) is 22.3 Å². The minimum absolute atomic E-state index is 0. The van der Waals surface area contributed by atoms with E-state index >= 15 is 0 Å². The predicted molar refractivity (Wildman–Crippen MR) is 247 cm³/mol. The fourth-order valence-corrected chi connectivity index (χ4v) is 9.55. The summed E-state index contributed by atoms with van der Waals surface area (Å²) >= 11 is 0. The molecule has 17 heteroatoms. The molecule has 349 valence electrons. The Morgan fingerprint density at radius 1 is 0.523 bits per heavy atom. The van der Waals surface area contributed by atoms with Gasteiger partial charge in [0.1, 0.15) is 40.6 Å².